The average Bonchev–Trinajstić information content (AvgIpc) is 2.72. The Morgan fingerprint density at radius 3 is 1.24 bits per heavy atom. The molecule has 0 saturated heterocycles. The van der Waals surface area contributed by atoms with Gasteiger partial charge in [-0.15, -0.1) is 0 Å². The predicted molar refractivity (Wildman–Crippen MR) is 125 cm³/mol. The van der Waals surface area contributed by atoms with Gasteiger partial charge in [0.1, 0.15) is 0 Å². The van der Waals surface area contributed by atoms with Gasteiger partial charge in [0.25, 0.3) is 0 Å². The van der Waals surface area contributed by atoms with Gasteiger partial charge in [-0.05, 0) is 6.42 Å². The summed E-state index contributed by atoms with van der Waals surface area (Å²) in [7, 11) is 0. The molecule has 0 aliphatic carbocycles. The molecule has 0 aliphatic rings. The maximum atomic E-state index is 11.4. The van der Waals surface area contributed by atoms with Crippen molar-refractivity contribution in [3.8, 4) is 0 Å². The second kappa shape index (κ2) is 25.5. The van der Waals surface area contributed by atoms with Crippen molar-refractivity contribution in [1.29, 1.82) is 0 Å². The lowest BCUT2D eigenvalue weighted by atomic mass is 10.0. The van der Waals surface area contributed by atoms with E-state index >= 15 is 0 Å². The lowest BCUT2D eigenvalue weighted by Crippen LogP contribution is -2.06. The van der Waals surface area contributed by atoms with Crippen LogP contribution in [0.4, 0.5) is 0 Å². The van der Waals surface area contributed by atoms with Crippen LogP contribution in [0.1, 0.15) is 148 Å². The van der Waals surface area contributed by atoms with Gasteiger partial charge in [0, 0.05) is 19.4 Å². The number of aliphatic hydroxyl groups excluding tert-OH is 1. The number of carbonyl (C=O) groups is 1. The fourth-order valence-corrected chi connectivity index (χ4v) is 3.85. The van der Waals surface area contributed by atoms with Gasteiger partial charge < -0.3 is 9.84 Å². The number of aliphatic hydroxyl groups is 1. The molecule has 174 valence electrons. The summed E-state index contributed by atoms with van der Waals surface area (Å²) in [6.45, 7) is 2.73. The zero-order valence-electron chi connectivity index (χ0n) is 19.7. The van der Waals surface area contributed by atoms with Crippen LogP contribution < -0.4 is 0 Å². The van der Waals surface area contributed by atoms with Crippen LogP contribution in [-0.2, 0) is 9.53 Å². The monoisotopic (exact) mass is 412 g/mol. The van der Waals surface area contributed by atoms with Crippen molar-refractivity contribution in [2.45, 2.75) is 148 Å². The first-order chi connectivity index (χ1) is 14.3. The van der Waals surface area contributed by atoms with E-state index in [-0.39, 0.29) is 12.6 Å². The van der Waals surface area contributed by atoms with Crippen molar-refractivity contribution >= 4 is 5.97 Å². The average molecular weight is 413 g/mol. The Morgan fingerprint density at radius 2 is 0.897 bits per heavy atom. The second-order valence-electron chi connectivity index (χ2n) is 8.77. The molecule has 0 aromatic rings. The van der Waals surface area contributed by atoms with Crippen LogP contribution in [0.15, 0.2) is 0 Å². The zero-order chi connectivity index (χ0) is 21.3. The minimum absolute atomic E-state index is 0.0899. The molecule has 3 nitrogen and oxygen atoms in total. The van der Waals surface area contributed by atoms with Crippen molar-refractivity contribution < 1.29 is 14.6 Å². The van der Waals surface area contributed by atoms with Gasteiger partial charge in [-0.2, -0.15) is 0 Å². The number of esters is 1. The summed E-state index contributed by atoms with van der Waals surface area (Å²) in [5, 5.41) is 8.64. The standard InChI is InChI=1S/C26H52O3/c1-2-3-4-5-6-7-8-9-10-11-12-13-14-15-16-17-18-19-20-21-23-26(28)29-25-22-24-27/h27H,2-25H2,1H3. The van der Waals surface area contributed by atoms with Crippen LogP contribution >= 0.6 is 0 Å². The van der Waals surface area contributed by atoms with Gasteiger partial charge in [0.2, 0.25) is 0 Å². The largest absolute Gasteiger partial charge is 0.466 e. The van der Waals surface area contributed by atoms with Crippen LogP contribution in [-0.4, -0.2) is 24.3 Å². The van der Waals surface area contributed by atoms with E-state index in [1.807, 2.05) is 0 Å². The molecule has 0 radical (unpaired) electrons. The van der Waals surface area contributed by atoms with Crippen molar-refractivity contribution in [3.63, 3.8) is 0 Å². The molecule has 0 aromatic carbocycles. The highest BCUT2D eigenvalue weighted by atomic mass is 16.5. The van der Waals surface area contributed by atoms with Gasteiger partial charge in [0.15, 0.2) is 0 Å². The lowest BCUT2D eigenvalue weighted by Gasteiger charge is -2.04. The lowest BCUT2D eigenvalue weighted by molar-refractivity contribution is -0.144. The molecular weight excluding hydrogens is 360 g/mol. The second-order valence-corrected chi connectivity index (χ2v) is 8.77. The SMILES string of the molecule is CCCCCCCCCCCCCCCCCCCCCCC(=O)OCCCO. The van der Waals surface area contributed by atoms with E-state index in [9.17, 15) is 4.79 Å². The molecule has 0 aliphatic heterocycles. The molecule has 0 saturated carbocycles. The minimum Gasteiger partial charge on any atom is -0.466 e. The van der Waals surface area contributed by atoms with Crippen molar-refractivity contribution in [3.05, 3.63) is 0 Å². The van der Waals surface area contributed by atoms with Crippen LogP contribution in [0.2, 0.25) is 0 Å². The number of rotatable bonds is 24. The Hall–Kier alpha value is -0.570. The first-order valence-electron chi connectivity index (χ1n) is 13.1. The fourth-order valence-electron chi connectivity index (χ4n) is 3.85. The van der Waals surface area contributed by atoms with Crippen LogP contribution in [0.25, 0.3) is 0 Å². The van der Waals surface area contributed by atoms with Gasteiger partial charge in [-0.25, -0.2) is 0 Å². The van der Waals surface area contributed by atoms with Crippen molar-refractivity contribution in [1.82, 2.24) is 0 Å². The summed E-state index contributed by atoms with van der Waals surface area (Å²) in [6, 6.07) is 0. The minimum atomic E-state index is -0.110. The molecule has 3 heteroatoms. The third-order valence-corrected chi connectivity index (χ3v) is 5.80. The van der Waals surface area contributed by atoms with Crippen LogP contribution in [0.3, 0.4) is 0 Å². The maximum Gasteiger partial charge on any atom is 0.305 e. The van der Waals surface area contributed by atoms with Crippen molar-refractivity contribution in [2.24, 2.45) is 0 Å². The highest BCUT2D eigenvalue weighted by Crippen LogP contribution is 2.15. The molecule has 1 N–H and O–H groups in total. The summed E-state index contributed by atoms with van der Waals surface area (Å²) >= 11 is 0. The molecule has 0 heterocycles. The van der Waals surface area contributed by atoms with Gasteiger partial charge in [-0.3, -0.25) is 4.79 Å². The summed E-state index contributed by atoms with van der Waals surface area (Å²) < 4.78 is 5.02. The molecule has 0 atom stereocenters. The van der Waals surface area contributed by atoms with Gasteiger partial charge in [-0.1, -0.05) is 129 Å². The molecule has 0 aromatic heterocycles. The summed E-state index contributed by atoms with van der Waals surface area (Å²) in [4.78, 5) is 11.4. The van der Waals surface area contributed by atoms with Crippen LogP contribution in [0, 0.1) is 0 Å². The van der Waals surface area contributed by atoms with E-state index in [4.69, 9.17) is 9.84 Å². The summed E-state index contributed by atoms with van der Waals surface area (Å²) in [5.41, 5.74) is 0. The molecule has 0 rings (SSSR count). The molecule has 0 unspecified atom stereocenters. The van der Waals surface area contributed by atoms with E-state index in [1.165, 1.54) is 116 Å². The van der Waals surface area contributed by atoms with E-state index in [0.29, 0.717) is 19.4 Å². The number of unbranched alkanes of at least 4 members (excludes halogenated alkanes) is 19. The van der Waals surface area contributed by atoms with E-state index in [2.05, 4.69) is 6.92 Å². The van der Waals surface area contributed by atoms with Crippen LogP contribution in [0.5, 0.6) is 0 Å². The highest BCUT2D eigenvalue weighted by Gasteiger charge is 2.02. The molecule has 0 amide bonds. The first-order valence-corrected chi connectivity index (χ1v) is 13.1. The fraction of sp³-hybridized carbons (Fsp3) is 0.962. The number of hydrogen-bond donors (Lipinski definition) is 1. The van der Waals surface area contributed by atoms with E-state index in [0.717, 1.165) is 12.8 Å². The van der Waals surface area contributed by atoms with E-state index < -0.39 is 0 Å². The highest BCUT2D eigenvalue weighted by molar-refractivity contribution is 5.69. The predicted octanol–water partition coefficient (Wildman–Crippen LogP) is 8.12. The molecule has 0 spiro atoms. The Balaban J connectivity index is 3.06. The topological polar surface area (TPSA) is 46.5 Å². The number of carbonyl (C=O) groups excluding carboxylic acids is 1. The zero-order valence-corrected chi connectivity index (χ0v) is 19.7. The molecule has 0 fully saturated rings. The smallest absolute Gasteiger partial charge is 0.305 e. The maximum absolute atomic E-state index is 11.4. The Bertz CT molecular complexity index is 317. The normalized spacial score (nSPS) is 11.1. The summed E-state index contributed by atoms with van der Waals surface area (Å²) in [6.07, 6.45) is 28.5. The number of ether oxygens (including phenoxy) is 1. The number of hydrogen-bond acceptors (Lipinski definition) is 3. The third kappa shape index (κ3) is 25.4. The third-order valence-electron chi connectivity index (χ3n) is 5.80. The quantitative estimate of drug-likeness (QED) is 0.129. The van der Waals surface area contributed by atoms with Crippen molar-refractivity contribution in [2.75, 3.05) is 13.2 Å². The summed E-state index contributed by atoms with van der Waals surface area (Å²) in [5.74, 6) is -0.110. The van der Waals surface area contributed by atoms with Gasteiger partial charge in [0.05, 0.1) is 6.61 Å². The Labute approximate surface area is 182 Å². The molecule has 29 heavy (non-hydrogen) atoms. The molecular formula is C26H52O3. The Morgan fingerprint density at radius 1 is 0.552 bits per heavy atom. The Kier molecular flexibility index (Phi) is 25.0. The van der Waals surface area contributed by atoms with E-state index in [1.54, 1.807) is 0 Å². The first kappa shape index (κ1) is 28.4. The van der Waals surface area contributed by atoms with Gasteiger partial charge >= 0.3 is 5.97 Å². The molecule has 0 bridgehead atoms.